The van der Waals surface area contributed by atoms with Gasteiger partial charge >= 0.3 is 0 Å². The second kappa shape index (κ2) is 31.7. The maximum atomic E-state index is 6.30. The van der Waals surface area contributed by atoms with Crippen molar-refractivity contribution in [3.63, 3.8) is 0 Å². The van der Waals surface area contributed by atoms with Crippen LogP contribution in [0.25, 0.3) is 0 Å². The van der Waals surface area contributed by atoms with Crippen molar-refractivity contribution >= 4 is 58.8 Å². The van der Waals surface area contributed by atoms with E-state index >= 15 is 0 Å². The average Bonchev–Trinajstić information content (AvgIpc) is 2.93. The van der Waals surface area contributed by atoms with Crippen LogP contribution in [0.3, 0.4) is 0 Å². The molecule has 0 aromatic heterocycles. The predicted octanol–water partition coefficient (Wildman–Crippen LogP) is 11.5. The Morgan fingerprint density at radius 2 is 0.816 bits per heavy atom. The van der Waals surface area contributed by atoms with Gasteiger partial charge in [0.2, 0.25) is 0 Å². The van der Waals surface area contributed by atoms with E-state index in [9.17, 15) is 0 Å². The molecule has 38 heavy (non-hydrogen) atoms. The first-order chi connectivity index (χ1) is 18.7. The van der Waals surface area contributed by atoms with E-state index in [2.05, 4.69) is 63.1 Å². The minimum atomic E-state index is -0.761. The molecule has 230 valence electrons. The van der Waals surface area contributed by atoms with Crippen LogP contribution in [0.4, 0.5) is 0 Å². The van der Waals surface area contributed by atoms with Gasteiger partial charge in [0.15, 0.2) is 0 Å². The zero-order valence-corrected chi connectivity index (χ0v) is 31.9. The zero-order valence-electron chi connectivity index (χ0n) is 26.3. The summed E-state index contributed by atoms with van der Waals surface area (Å²) >= 11 is 0. The quantitative estimate of drug-likeness (QED) is 0.0422. The molecule has 0 aromatic rings. The Kier molecular flexibility index (Phi) is 33.1. The van der Waals surface area contributed by atoms with Crippen LogP contribution in [0, 0.1) is 0 Å². The molecule has 0 aliphatic carbocycles. The maximum Gasteiger partial charge on any atom is 0.0717 e. The third kappa shape index (κ3) is 23.3. The van der Waals surface area contributed by atoms with Crippen molar-refractivity contribution in [2.75, 3.05) is 24.7 Å². The molecule has 0 saturated carbocycles. The molecule has 2 unspecified atom stereocenters. The van der Waals surface area contributed by atoms with E-state index in [0.717, 1.165) is 13.2 Å². The molecular formula is C30H66O2S4Si2. The Hall–Kier alpha value is 1.75. The van der Waals surface area contributed by atoms with Crippen LogP contribution in [0.15, 0.2) is 0 Å². The number of ether oxygens (including phenoxy) is 2. The summed E-state index contributed by atoms with van der Waals surface area (Å²) in [5, 5.41) is 0. The molecule has 2 nitrogen and oxygen atoms in total. The van der Waals surface area contributed by atoms with Gasteiger partial charge in [-0.3, -0.25) is 0 Å². The van der Waals surface area contributed by atoms with E-state index in [4.69, 9.17) is 9.47 Å². The molecular weight excluding hydrogens is 577 g/mol. The molecule has 0 aliphatic rings. The van der Waals surface area contributed by atoms with Gasteiger partial charge in [0, 0.05) is 36.2 Å². The Morgan fingerprint density at radius 1 is 0.474 bits per heavy atom. The molecule has 0 spiro atoms. The minimum absolute atomic E-state index is 0.624. The van der Waals surface area contributed by atoms with Crippen LogP contribution in [0.1, 0.15) is 131 Å². The summed E-state index contributed by atoms with van der Waals surface area (Å²) < 4.78 is 12.6. The predicted molar refractivity (Wildman–Crippen MR) is 192 cm³/mol. The highest BCUT2D eigenvalue weighted by Crippen LogP contribution is 2.43. The molecule has 0 rings (SSSR count). The molecule has 0 aromatic carbocycles. The maximum absolute atomic E-state index is 6.30. The average molecular weight is 643 g/mol. The van der Waals surface area contributed by atoms with Crippen LogP contribution >= 0.6 is 41.2 Å². The SMILES string of the molecule is CCCC[SiH](CCCC)C(CCCCSSSSCCCCC(OCC)[SiH](CCCC)CCCC)OCC. The van der Waals surface area contributed by atoms with E-state index in [-0.39, 0.29) is 0 Å². The smallest absolute Gasteiger partial charge is 0.0717 e. The van der Waals surface area contributed by atoms with Gasteiger partial charge in [-0.1, -0.05) is 138 Å². The van der Waals surface area contributed by atoms with Gasteiger partial charge < -0.3 is 9.47 Å². The molecule has 0 radical (unpaired) electrons. The monoisotopic (exact) mass is 642 g/mol. The second-order valence-corrected chi connectivity index (χ2v) is 23.9. The van der Waals surface area contributed by atoms with Gasteiger partial charge in [-0.25, -0.2) is 0 Å². The molecule has 8 heteroatoms. The first kappa shape index (κ1) is 39.8. The molecule has 0 bridgehead atoms. The Labute approximate surface area is 258 Å². The minimum Gasteiger partial charge on any atom is -0.382 e. The Balaban J connectivity index is 4.00. The topological polar surface area (TPSA) is 18.5 Å². The van der Waals surface area contributed by atoms with E-state index in [0.29, 0.717) is 11.5 Å². The van der Waals surface area contributed by atoms with Crippen molar-refractivity contribution in [3.05, 3.63) is 0 Å². The van der Waals surface area contributed by atoms with Crippen molar-refractivity contribution in [3.8, 4) is 0 Å². The number of hydrogen-bond acceptors (Lipinski definition) is 6. The van der Waals surface area contributed by atoms with Crippen LogP contribution in [-0.2, 0) is 9.47 Å². The van der Waals surface area contributed by atoms with Gasteiger partial charge in [-0.05, 0) is 59.2 Å². The van der Waals surface area contributed by atoms with Crippen molar-refractivity contribution in [2.24, 2.45) is 0 Å². The lowest BCUT2D eigenvalue weighted by Crippen LogP contribution is -2.33. The van der Waals surface area contributed by atoms with Crippen molar-refractivity contribution < 1.29 is 9.47 Å². The van der Waals surface area contributed by atoms with Crippen LogP contribution < -0.4 is 0 Å². The normalized spacial score (nSPS) is 13.6. The summed E-state index contributed by atoms with van der Waals surface area (Å²) in [6, 6.07) is 5.97. The standard InChI is InChI=1S/C30H66O2S4Si2/c1-7-13-25-37(26-14-8-2)29(31-11-5)21-17-19-23-33-35-36-34-24-20-18-22-30(32-12-6)38(27-15-9-3)28-16-10-4/h29-30,37-38H,7-28H2,1-6H3. The van der Waals surface area contributed by atoms with Gasteiger partial charge in [0.1, 0.15) is 0 Å². The summed E-state index contributed by atoms with van der Waals surface area (Å²) in [5.74, 6) is 2.57. The van der Waals surface area contributed by atoms with Crippen LogP contribution in [0.2, 0.25) is 24.2 Å². The lowest BCUT2D eigenvalue weighted by Gasteiger charge is -2.26. The van der Waals surface area contributed by atoms with E-state index in [1.165, 1.54) is 126 Å². The number of rotatable bonds is 31. The summed E-state index contributed by atoms with van der Waals surface area (Å²) in [6.45, 7) is 15.5. The van der Waals surface area contributed by atoms with E-state index in [1.54, 1.807) is 0 Å². The largest absolute Gasteiger partial charge is 0.382 e. The third-order valence-corrected chi connectivity index (χ3v) is 22.0. The highest BCUT2D eigenvalue weighted by Gasteiger charge is 2.23. The summed E-state index contributed by atoms with van der Waals surface area (Å²) in [4.78, 5) is 0. The molecule has 0 amide bonds. The number of hydrogen-bond donors (Lipinski definition) is 0. The summed E-state index contributed by atoms with van der Waals surface area (Å²) in [7, 11) is 6.61. The lowest BCUT2D eigenvalue weighted by molar-refractivity contribution is 0.105. The highest BCUT2D eigenvalue weighted by molar-refractivity contribution is 9.26. The number of unbranched alkanes of at least 4 members (excludes halogenated alkanes) is 6. The fourth-order valence-corrected chi connectivity index (χ4v) is 19.8. The lowest BCUT2D eigenvalue weighted by atomic mass is 10.2. The summed E-state index contributed by atoms with van der Waals surface area (Å²) in [6.07, 6.45) is 19.0. The fraction of sp³-hybridized carbons (Fsp3) is 1.00. The van der Waals surface area contributed by atoms with Gasteiger partial charge in [-0.2, -0.15) is 0 Å². The molecule has 0 saturated heterocycles. The van der Waals surface area contributed by atoms with Gasteiger partial charge in [0.05, 0.1) is 17.6 Å². The van der Waals surface area contributed by atoms with Crippen LogP contribution in [-0.4, -0.2) is 53.8 Å². The second-order valence-electron chi connectivity index (χ2n) is 10.8. The van der Waals surface area contributed by atoms with Gasteiger partial charge in [0.25, 0.3) is 0 Å². The van der Waals surface area contributed by atoms with Crippen molar-refractivity contribution in [1.29, 1.82) is 0 Å². The van der Waals surface area contributed by atoms with Crippen molar-refractivity contribution in [1.82, 2.24) is 0 Å². The third-order valence-electron chi connectivity index (χ3n) is 7.58. The van der Waals surface area contributed by atoms with Gasteiger partial charge in [-0.15, -0.1) is 0 Å². The first-order valence-corrected chi connectivity index (χ1v) is 26.2. The zero-order chi connectivity index (χ0) is 28.1. The highest BCUT2D eigenvalue weighted by atomic mass is 33.7. The molecule has 2 atom stereocenters. The summed E-state index contributed by atoms with van der Waals surface area (Å²) in [5.41, 5.74) is 1.25. The van der Waals surface area contributed by atoms with Crippen molar-refractivity contribution in [2.45, 2.75) is 167 Å². The molecule has 0 fully saturated rings. The Bertz CT molecular complexity index is 410. The van der Waals surface area contributed by atoms with Crippen LogP contribution in [0.5, 0.6) is 0 Å². The Morgan fingerprint density at radius 3 is 1.11 bits per heavy atom. The first-order valence-electron chi connectivity index (χ1n) is 16.5. The molecule has 0 aliphatic heterocycles. The van der Waals surface area contributed by atoms with E-state index in [1.807, 2.05) is 19.7 Å². The molecule has 0 heterocycles. The molecule has 0 N–H and O–H groups in total. The fourth-order valence-electron chi connectivity index (χ4n) is 5.36. The van der Waals surface area contributed by atoms with E-state index < -0.39 is 17.6 Å².